The number of methoxy groups -OCH3 is 2. The van der Waals surface area contributed by atoms with Crippen LogP contribution in [0.5, 0.6) is 17.2 Å². The van der Waals surface area contributed by atoms with Crippen LogP contribution in [0.25, 0.3) is 0 Å². The minimum Gasteiger partial charge on any atom is -0.493 e. The number of hydrogen-bond donors (Lipinski definition) is 0. The Hall–Kier alpha value is -2.21. The monoisotopic (exact) mass is 393 g/mol. The zero-order valence-electron chi connectivity index (χ0n) is 13.9. The highest BCUT2D eigenvalue weighted by Gasteiger charge is 2.14. The summed E-state index contributed by atoms with van der Waals surface area (Å²) in [6, 6.07) is 12.7. The van der Waals surface area contributed by atoms with Gasteiger partial charge in [0.05, 0.1) is 20.8 Å². The van der Waals surface area contributed by atoms with E-state index in [1.807, 2.05) is 24.3 Å². The molecule has 2 aromatic rings. The van der Waals surface area contributed by atoms with Gasteiger partial charge in [0, 0.05) is 17.1 Å². The van der Waals surface area contributed by atoms with Crippen molar-refractivity contribution in [3.63, 3.8) is 0 Å². The quantitative estimate of drug-likeness (QED) is 0.720. The highest BCUT2D eigenvalue weighted by Crippen LogP contribution is 2.27. The summed E-state index contributed by atoms with van der Waals surface area (Å²) in [5, 5.41) is 0. The molecule has 24 heavy (non-hydrogen) atoms. The highest BCUT2D eigenvalue weighted by atomic mass is 79.9. The van der Waals surface area contributed by atoms with Crippen LogP contribution in [-0.4, -0.2) is 45.2 Å². The Morgan fingerprint density at radius 2 is 1.71 bits per heavy atom. The summed E-state index contributed by atoms with van der Waals surface area (Å²) >= 11 is 3.38. The van der Waals surface area contributed by atoms with Crippen molar-refractivity contribution in [1.82, 2.24) is 4.90 Å². The van der Waals surface area contributed by atoms with Crippen molar-refractivity contribution in [2.24, 2.45) is 0 Å². The van der Waals surface area contributed by atoms with Crippen LogP contribution in [0, 0.1) is 0 Å². The molecule has 0 radical (unpaired) electrons. The summed E-state index contributed by atoms with van der Waals surface area (Å²) in [5.74, 6) is 1.79. The van der Waals surface area contributed by atoms with Crippen LogP contribution >= 0.6 is 15.9 Å². The third-order valence-corrected chi connectivity index (χ3v) is 4.01. The first-order valence-electron chi connectivity index (χ1n) is 7.41. The lowest BCUT2D eigenvalue weighted by Gasteiger charge is -2.18. The second kappa shape index (κ2) is 8.59. The van der Waals surface area contributed by atoms with E-state index in [1.165, 1.54) is 0 Å². The Morgan fingerprint density at radius 3 is 2.33 bits per heavy atom. The minimum atomic E-state index is -0.102. The summed E-state index contributed by atoms with van der Waals surface area (Å²) < 4.78 is 17.0. The van der Waals surface area contributed by atoms with E-state index in [1.54, 1.807) is 44.4 Å². The van der Waals surface area contributed by atoms with Gasteiger partial charge in [0.15, 0.2) is 11.5 Å². The summed E-state index contributed by atoms with van der Waals surface area (Å²) in [6.07, 6.45) is 0. The average Bonchev–Trinajstić information content (AvgIpc) is 2.62. The van der Waals surface area contributed by atoms with E-state index in [0.29, 0.717) is 30.2 Å². The van der Waals surface area contributed by atoms with Crippen LogP contribution in [0.15, 0.2) is 46.9 Å². The van der Waals surface area contributed by atoms with Crippen molar-refractivity contribution < 1.29 is 19.0 Å². The van der Waals surface area contributed by atoms with E-state index in [2.05, 4.69) is 15.9 Å². The molecule has 2 rings (SSSR count). The Bertz CT molecular complexity index is 688. The molecule has 0 atom stereocenters. The van der Waals surface area contributed by atoms with Gasteiger partial charge in [0.25, 0.3) is 5.91 Å². The molecule has 0 aromatic heterocycles. The smallest absolute Gasteiger partial charge is 0.253 e. The number of carbonyl (C=O) groups excluding carboxylic acids is 1. The van der Waals surface area contributed by atoms with Gasteiger partial charge in [0.2, 0.25) is 0 Å². The molecule has 0 saturated heterocycles. The SMILES string of the molecule is COc1ccc(C(=O)N(C)CCOc2ccc(Br)cc2)cc1OC. The van der Waals surface area contributed by atoms with E-state index >= 15 is 0 Å². The van der Waals surface area contributed by atoms with Crippen molar-refractivity contribution in [2.75, 3.05) is 34.4 Å². The standard InChI is InChI=1S/C18H20BrNO4/c1-20(10-11-24-15-7-5-14(19)6-8-15)18(21)13-4-9-16(22-2)17(12-13)23-3/h4-9,12H,10-11H2,1-3H3. The minimum absolute atomic E-state index is 0.102. The zero-order chi connectivity index (χ0) is 17.5. The van der Waals surface area contributed by atoms with Gasteiger partial charge in [-0.25, -0.2) is 0 Å². The van der Waals surface area contributed by atoms with Crippen LogP contribution in [0.1, 0.15) is 10.4 Å². The molecular formula is C18H20BrNO4. The number of benzene rings is 2. The predicted octanol–water partition coefficient (Wildman–Crippen LogP) is 3.62. The number of amides is 1. The highest BCUT2D eigenvalue weighted by molar-refractivity contribution is 9.10. The van der Waals surface area contributed by atoms with Crippen LogP contribution in [0.2, 0.25) is 0 Å². The Labute approximate surface area is 150 Å². The van der Waals surface area contributed by atoms with Gasteiger partial charge in [-0.2, -0.15) is 0 Å². The first-order valence-corrected chi connectivity index (χ1v) is 8.20. The van der Waals surface area contributed by atoms with Crippen molar-refractivity contribution in [3.05, 3.63) is 52.5 Å². The number of carbonyl (C=O) groups is 1. The van der Waals surface area contributed by atoms with Gasteiger partial charge in [0.1, 0.15) is 12.4 Å². The molecule has 0 spiro atoms. The van der Waals surface area contributed by atoms with Gasteiger partial charge in [-0.1, -0.05) is 15.9 Å². The lowest BCUT2D eigenvalue weighted by atomic mass is 10.2. The van der Waals surface area contributed by atoms with Crippen LogP contribution < -0.4 is 14.2 Å². The maximum Gasteiger partial charge on any atom is 0.253 e. The molecule has 0 aliphatic carbocycles. The molecule has 0 heterocycles. The summed E-state index contributed by atoms with van der Waals surface area (Å²) in [4.78, 5) is 14.1. The topological polar surface area (TPSA) is 48.0 Å². The fraction of sp³-hybridized carbons (Fsp3) is 0.278. The summed E-state index contributed by atoms with van der Waals surface area (Å²) in [7, 11) is 4.84. The number of rotatable bonds is 7. The molecule has 0 fully saturated rings. The van der Waals surface area contributed by atoms with Crippen molar-refractivity contribution >= 4 is 21.8 Å². The first-order chi connectivity index (χ1) is 11.5. The van der Waals surface area contributed by atoms with Crippen LogP contribution in [0.4, 0.5) is 0 Å². The maximum atomic E-state index is 12.5. The second-order valence-electron chi connectivity index (χ2n) is 5.10. The van der Waals surface area contributed by atoms with Gasteiger partial charge >= 0.3 is 0 Å². The lowest BCUT2D eigenvalue weighted by Crippen LogP contribution is -2.30. The number of nitrogens with zero attached hydrogens (tertiary/aromatic N) is 1. The maximum absolute atomic E-state index is 12.5. The lowest BCUT2D eigenvalue weighted by molar-refractivity contribution is 0.0773. The third-order valence-electron chi connectivity index (χ3n) is 3.49. The molecule has 0 bridgehead atoms. The van der Waals surface area contributed by atoms with Crippen molar-refractivity contribution in [3.8, 4) is 17.2 Å². The van der Waals surface area contributed by atoms with Crippen molar-refractivity contribution in [2.45, 2.75) is 0 Å². The Kier molecular flexibility index (Phi) is 6.49. The van der Waals surface area contributed by atoms with Crippen LogP contribution in [0.3, 0.4) is 0 Å². The average molecular weight is 394 g/mol. The predicted molar refractivity (Wildman–Crippen MR) is 96.1 cm³/mol. The second-order valence-corrected chi connectivity index (χ2v) is 6.01. The molecule has 6 heteroatoms. The molecule has 0 N–H and O–H groups in total. The molecule has 0 saturated carbocycles. The largest absolute Gasteiger partial charge is 0.493 e. The molecule has 2 aromatic carbocycles. The molecule has 128 valence electrons. The summed E-state index contributed by atoms with van der Waals surface area (Å²) in [6.45, 7) is 0.889. The number of ether oxygens (including phenoxy) is 3. The fourth-order valence-corrected chi connectivity index (χ4v) is 2.39. The fourth-order valence-electron chi connectivity index (χ4n) is 2.12. The van der Waals surface area contributed by atoms with E-state index in [9.17, 15) is 4.79 Å². The normalized spacial score (nSPS) is 10.2. The van der Waals surface area contributed by atoms with Crippen molar-refractivity contribution in [1.29, 1.82) is 0 Å². The number of hydrogen-bond acceptors (Lipinski definition) is 4. The van der Waals surface area contributed by atoms with Gasteiger partial charge in [-0.15, -0.1) is 0 Å². The van der Waals surface area contributed by atoms with E-state index < -0.39 is 0 Å². The van der Waals surface area contributed by atoms with E-state index in [0.717, 1.165) is 10.2 Å². The van der Waals surface area contributed by atoms with Gasteiger partial charge in [-0.05, 0) is 42.5 Å². The van der Waals surface area contributed by atoms with Gasteiger partial charge < -0.3 is 19.1 Å². The molecule has 1 amide bonds. The Morgan fingerprint density at radius 1 is 1.04 bits per heavy atom. The molecular weight excluding hydrogens is 374 g/mol. The molecule has 0 aliphatic heterocycles. The van der Waals surface area contributed by atoms with E-state index in [4.69, 9.17) is 14.2 Å². The van der Waals surface area contributed by atoms with Gasteiger partial charge in [-0.3, -0.25) is 4.79 Å². The molecule has 0 unspecified atom stereocenters. The Balaban J connectivity index is 1.93. The number of halogens is 1. The summed E-state index contributed by atoms with van der Waals surface area (Å²) in [5.41, 5.74) is 0.541. The van der Waals surface area contributed by atoms with Crippen LogP contribution in [-0.2, 0) is 0 Å². The van der Waals surface area contributed by atoms with E-state index in [-0.39, 0.29) is 5.91 Å². The third kappa shape index (κ3) is 4.64. The molecule has 0 aliphatic rings. The molecule has 5 nitrogen and oxygen atoms in total. The first kappa shape index (κ1) is 18.1. The number of likely N-dealkylation sites (N-methyl/N-ethyl adjacent to an activating group) is 1. The zero-order valence-corrected chi connectivity index (χ0v) is 15.5.